The SMILES string of the molecule is COc1cc(C2CC(N)(N3CCCC3)Oc3cc4c(cc32)OCO4)cc(OC)c1O. The number of methoxy groups -OCH3 is 2. The quantitative estimate of drug-likeness (QED) is 0.789. The predicted molar refractivity (Wildman–Crippen MR) is 109 cm³/mol. The molecule has 160 valence electrons. The number of likely N-dealkylation sites (tertiary alicyclic amines) is 1. The number of benzene rings is 2. The highest BCUT2D eigenvalue weighted by atomic mass is 16.7. The first-order chi connectivity index (χ1) is 14.5. The van der Waals surface area contributed by atoms with Gasteiger partial charge in [-0.2, -0.15) is 0 Å². The maximum atomic E-state index is 10.4. The Labute approximate surface area is 175 Å². The molecule has 1 fully saturated rings. The number of phenolic OH excluding ortho intramolecular Hbond substituents is 1. The van der Waals surface area contributed by atoms with Gasteiger partial charge >= 0.3 is 0 Å². The summed E-state index contributed by atoms with van der Waals surface area (Å²) in [5.74, 6) is 1.63. The zero-order valence-corrected chi connectivity index (χ0v) is 17.1. The second-order valence-corrected chi connectivity index (χ2v) is 7.92. The number of ether oxygens (including phenoxy) is 5. The van der Waals surface area contributed by atoms with Gasteiger partial charge in [0.2, 0.25) is 18.4 Å². The summed E-state index contributed by atoms with van der Waals surface area (Å²) in [5.41, 5.74) is 8.71. The topological polar surface area (TPSA) is 95.6 Å². The van der Waals surface area contributed by atoms with Crippen molar-refractivity contribution in [3.8, 4) is 34.5 Å². The minimum Gasteiger partial charge on any atom is -0.502 e. The molecule has 0 spiro atoms. The van der Waals surface area contributed by atoms with Gasteiger partial charge in [0.25, 0.3) is 0 Å². The number of nitrogens with zero attached hydrogens (tertiary/aromatic N) is 1. The molecule has 3 aliphatic rings. The molecule has 3 heterocycles. The van der Waals surface area contributed by atoms with E-state index in [2.05, 4.69) is 4.90 Å². The fourth-order valence-electron chi connectivity index (χ4n) is 4.64. The standard InChI is InChI=1S/C22H26N2O6/c1-26-19-7-13(8-20(27-2)21(19)25)15-11-22(23,24-5-3-4-6-24)30-16-10-18-17(9-14(15)16)28-12-29-18/h7-10,15,25H,3-6,11-12,23H2,1-2H3. The van der Waals surface area contributed by atoms with Crippen molar-refractivity contribution < 1.29 is 28.8 Å². The van der Waals surface area contributed by atoms with Crippen LogP contribution in [0.4, 0.5) is 0 Å². The molecule has 0 amide bonds. The first-order valence-corrected chi connectivity index (χ1v) is 10.1. The fourth-order valence-corrected chi connectivity index (χ4v) is 4.64. The number of hydrogen-bond donors (Lipinski definition) is 2. The maximum absolute atomic E-state index is 10.4. The summed E-state index contributed by atoms with van der Waals surface area (Å²) in [6.45, 7) is 1.97. The monoisotopic (exact) mass is 414 g/mol. The normalized spacial score (nSPS) is 25.0. The van der Waals surface area contributed by atoms with Gasteiger partial charge in [-0.1, -0.05) is 0 Å². The van der Waals surface area contributed by atoms with Crippen LogP contribution in [0.25, 0.3) is 0 Å². The lowest BCUT2D eigenvalue weighted by atomic mass is 9.83. The molecule has 3 aliphatic heterocycles. The Morgan fingerprint density at radius 3 is 2.27 bits per heavy atom. The second-order valence-electron chi connectivity index (χ2n) is 7.92. The van der Waals surface area contributed by atoms with Crippen LogP contribution < -0.4 is 29.4 Å². The average molecular weight is 414 g/mol. The molecule has 0 radical (unpaired) electrons. The van der Waals surface area contributed by atoms with Crippen LogP contribution in [0.1, 0.15) is 36.3 Å². The molecule has 0 bridgehead atoms. The summed E-state index contributed by atoms with van der Waals surface area (Å²) >= 11 is 0. The van der Waals surface area contributed by atoms with E-state index in [0.717, 1.165) is 37.1 Å². The lowest BCUT2D eigenvalue weighted by Gasteiger charge is -2.44. The minimum absolute atomic E-state index is 0.0275. The number of phenols is 1. The van der Waals surface area contributed by atoms with Gasteiger partial charge in [0.15, 0.2) is 23.0 Å². The van der Waals surface area contributed by atoms with Gasteiger partial charge in [-0.3, -0.25) is 10.6 Å². The molecule has 2 unspecified atom stereocenters. The van der Waals surface area contributed by atoms with E-state index in [0.29, 0.717) is 35.2 Å². The third-order valence-corrected chi connectivity index (χ3v) is 6.21. The Morgan fingerprint density at radius 2 is 1.63 bits per heavy atom. The lowest BCUT2D eigenvalue weighted by Crippen LogP contribution is -2.61. The Morgan fingerprint density at radius 1 is 1.00 bits per heavy atom. The van der Waals surface area contributed by atoms with Gasteiger partial charge in [0.05, 0.1) is 14.2 Å². The van der Waals surface area contributed by atoms with Crippen molar-refractivity contribution in [1.82, 2.24) is 4.90 Å². The molecule has 8 heteroatoms. The largest absolute Gasteiger partial charge is 0.502 e. The zero-order valence-electron chi connectivity index (χ0n) is 17.1. The van der Waals surface area contributed by atoms with E-state index < -0.39 is 5.85 Å². The van der Waals surface area contributed by atoms with Crippen molar-refractivity contribution in [2.75, 3.05) is 34.1 Å². The van der Waals surface area contributed by atoms with Crippen LogP contribution >= 0.6 is 0 Å². The van der Waals surface area contributed by atoms with Crippen LogP contribution in [0, 0.1) is 0 Å². The molecule has 30 heavy (non-hydrogen) atoms. The molecular formula is C22H26N2O6. The highest BCUT2D eigenvalue weighted by molar-refractivity contribution is 5.59. The van der Waals surface area contributed by atoms with Crippen molar-refractivity contribution >= 4 is 0 Å². The van der Waals surface area contributed by atoms with Crippen LogP contribution in [0.3, 0.4) is 0 Å². The molecule has 5 rings (SSSR count). The molecule has 2 aromatic rings. The van der Waals surface area contributed by atoms with Gasteiger partial charge in [-0.15, -0.1) is 0 Å². The van der Waals surface area contributed by atoms with E-state index in [9.17, 15) is 5.11 Å². The number of aromatic hydroxyl groups is 1. The van der Waals surface area contributed by atoms with Crippen molar-refractivity contribution in [3.63, 3.8) is 0 Å². The van der Waals surface area contributed by atoms with Gasteiger partial charge in [0, 0.05) is 37.1 Å². The van der Waals surface area contributed by atoms with E-state index in [1.165, 1.54) is 14.2 Å². The van der Waals surface area contributed by atoms with E-state index in [4.69, 9.17) is 29.4 Å². The number of hydrogen-bond acceptors (Lipinski definition) is 8. The summed E-state index contributed by atoms with van der Waals surface area (Å²) in [7, 11) is 3.04. The predicted octanol–water partition coefficient (Wildman–Crippen LogP) is 2.76. The molecular weight excluding hydrogens is 388 g/mol. The molecule has 3 N–H and O–H groups in total. The van der Waals surface area contributed by atoms with Crippen molar-refractivity contribution in [2.45, 2.75) is 31.0 Å². The summed E-state index contributed by atoms with van der Waals surface area (Å²) in [6.07, 6.45) is 2.74. The molecule has 2 atom stereocenters. The van der Waals surface area contributed by atoms with E-state index in [1.54, 1.807) is 0 Å². The highest BCUT2D eigenvalue weighted by Gasteiger charge is 2.45. The number of fused-ring (bicyclic) bond motifs is 2. The third-order valence-electron chi connectivity index (χ3n) is 6.21. The smallest absolute Gasteiger partial charge is 0.231 e. The average Bonchev–Trinajstić information content (AvgIpc) is 3.44. The van der Waals surface area contributed by atoms with Gasteiger partial charge in [-0.05, 0) is 36.6 Å². The van der Waals surface area contributed by atoms with Crippen LogP contribution in [-0.4, -0.2) is 50.0 Å². The van der Waals surface area contributed by atoms with Crippen LogP contribution in [-0.2, 0) is 0 Å². The number of rotatable bonds is 4. The molecule has 0 saturated carbocycles. The Hall–Kier alpha value is -2.84. The summed E-state index contributed by atoms with van der Waals surface area (Å²) in [4.78, 5) is 2.20. The second kappa shape index (κ2) is 7.14. The third kappa shape index (κ3) is 2.98. The molecule has 1 saturated heterocycles. The summed E-state index contributed by atoms with van der Waals surface area (Å²) in [6, 6.07) is 7.47. The lowest BCUT2D eigenvalue weighted by molar-refractivity contribution is -0.0874. The van der Waals surface area contributed by atoms with Gasteiger partial charge in [-0.25, -0.2) is 0 Å². The van der Waals surface area contributed by atoms with Gasteiger partial charge in [0.1, 0.15) is 5.75 Å². The maximum Gasteiger partial charge on any atom is 0.231 e. The van der Waals surface area contributed by atoms with E-state index >= 15 is 0 Å². The first kappa shape index (κ1) is 19.1. The molecule has 0 aliphatic carbocycles. The first-order valence-electron chi connectivity index (χ1n) is 10.1. The Balaban J connectivity index is 1.65. The highest BCUT2D eigenvalue weighted by Crippen LogP contribution is 2.51. The van der Waals surface area contributed by atoms with Crippen LogP contribution in [0.15, 0.2) is 24.3 Å². The molecule has 2 aromatic carbocycles. The van der Waals surface area contributed by atoms with Gasteiger partial charge < -0.3 is 28.8 Å². The van der Waals surface area contributed by atoms with E-state index in [1.807, 2.05) is 24.3 Å². The van der Waals surface area contributed by atoms with Crippen molar-refractivity contribution in [3.05, 3.63) is 35.4 Å². The number of nitrogens with two attached hydrogens (primary N) is 1. The fraction of sp³-hybridized carbons (Fsp3) is 0.455. The van der Waals surface area contributed by atoms with Crippen LogP contribution in [0.5, 0.6) is 34.5 Å². The van der Waals surface area contributed by atoms with Crippen molar-refractivity contribution in [2.24, 2.45) is 5.73 Å². The van der Waals surface area contributed by atoms with E-state index in [-0.39, 0.29) is 18.5 Å². The minimum atomic E-state index is -0.944. The van der Waals surface area contributed by atoms with Crippen molar-refractivity contribution in [1.29, 1.82) is 0 Å². The Bertz CT molecular complexity index is 949. The summed E-state index contributed by atoms with van der Waals surface area (Å²) < 4.78 is 28.3. The molecule has 8 nitrogen and oxygen atoms in total. The van der Waals surface area contributed by atoms with Crippen LogP contribution in [0.2, 0.25) is 0 Å². The molecule has 0 aromatic heterocycles. The summed E-state index contributed by atoms with van der Waals surface area (Å²) in [5, 5.41) is 10.4. The zero-order chi connectivity index (χ0) is 20.9. The Kier molecular flexibility index (Phi) is 4.56.